The lowest BCUT2D eigenvalue weighted by molar-refractivity contribution is 1.23. The van der Waals surface area contributed by atoms with Gasteiger partial charge in [0.2, 0.25) is 0 Å². The smallest absolute Gasteiger partial charge is 0.160 e. The Balaban J connectivity index is 1.14. The first-order chi connectivity index (χ1) is 23.8. The van der Waals surface area contributed by atoms with Crippen molar-refractivity contribution in [3.05, 3.63) is 158 Å². The van der Waals surface area contributed by atoms with Gasteiger partial charge >= 0.3 is 0 Å². The highest BCUT2D eigenvalue weighted by molar-refractivity contribution is 7.99. The Morgan fingerprint density at radius 2 is 1.12 bits per heavy atom. The van der Waals surface area contributed by atoms with E-state index in [0.29, 0.717) is 0 Å². The summed E-state index contributed by atoms with van der Waals surface area (Å²) in [4.78, 5) is 13.1. The Hall–Kier alpha value is -5.55. The minimum absolute atomic E-state index is 0.748. The predicted molar refractivity (Wildman–Crippen MR) is 204 cm³/mol. The first-order valence-electron chi connectivity index (χ1n) is 16.1. The van der Waals surface area contributed by atoms with Gasteiger partial charge in [-0.05, 0) is 63.0 Å². The summed E-state index contributed by atoms with van der Waals surface area (Å²) in [6, 6.07) is 56.5. The Morgan fingerprint density at radius 3 is 2.00 bits per heavy atom. The highest BCUT2D eigenvalue weighted by Crippen LogP contribution is 2.50. The third-order valence-corrected chi connectivity index (χ3v) is 11.6. The number of rotatable bonds is 4. The molecule has 2 aromatic heterocycles. The van der Waals surface area contributed by atoms with Crippen molar-refractivity contribution in [2.24, 2.45) is 0 Å². The fourth-order valence-corrected chi connectivity index (χ4v) is 9.35. The summed E-state index contributed by atoms with van der Waals surface area (Å²) < 4.78 is 2.34. The fraction of sp³-hybridized carbons (Fsp3) is 0. The van der Waals surface area contributed by atoms with E-state index in [1.807, 2.05) is 11.8 Å². The summed E-state index contributed by atoms with van der Waals surface area (Å²) in [6.07, 6.45) is 0. The second-order valence-electron chi connectivity index (χ2n) is 12.1. The van der Waals surface area contributed by atoms with Crippen molar-refractivity contribution in [3.63, 3.8) is 0 Å². The molecule has 0 amide bonds. The van der Waals surface area contributed by atoms with Crippen LogP contribution in [0.4, 0.5) is 0 Å². The van der Waals surface area contributed by atoms with Gasteiger partial charge in [-0.3, -0.25) is 0 Å². The van der Waals surface area contributed by atoms with Crippen LogP contribution in [0.2, 0.25) is 0 Å². The molecule has 2 nitrogen and oxygen atoms in total. The average molecular weight is 647 g/mol. The number of hydrogen-bond acceptors (Lipinski definition) is 4. The molecule has 0 saturated carbocycles. The van der Waals surface area contributed by atoms with Crippen LogP contribution in [-0.2, 0) is 0 Å². The van der Waals surface area contributed by atoms with Crippen molar-refractivity contribution in [2.75, 3.05) is 0 Å². The summed E-state index contributed by atoms with van der Waals surface area (Å²) in [7, 11) is 0. The summed E-state index contributed by atoms with van der Waals surface area (Å²) in [6.45, 7) is 0. The maximum absolute atomic E-state index is 5.34. The Bertz CT molecular complexity index is 2700. The molecule has 3 heterocycles. The lowest BCUT2D eigenvalue weighted by atomic mass is 9.92. The average Bonchev–Trinajstić information content (AvgIpc) is 3.54. The van der Waals surface area contributed by atoms with Gasteiger partial charge < -0.3 is 0 Å². The Labute approximate surface area is 286 Å². The Morgan fingerprint density at radius 1 is 0.417 bits per heavy atom. The van der Waals surface area contributed by atoms with Crippen LogP contribution < -0.4 is 0 Å². The van der Waals surface area contributed by atoms with Crippen molar-refractivity contribution in [1.82, 2.24) is 9.97 Å². The standard InChI is InChI=1S/C44H26N2S2/c1-3-11-27(12-4-1)29-15-9-16-30(25-29)41-43-42(36-17-7-8-20-37(36)48-43)46-44(45-41)31-21-22-33-35-19-10-18-34-32(28-13-5-2-6-14-28)23-24-38(40(34)35)47-39(33)26-31/h1-26H. The number of thiophene rings is 1. The zero-order chi connectivity index (χ0) is 31.6. The summed E-state index contributed by atoms with van der Waals surface area (Å²) in [5.74, 6) is 0.748. The van der Waals surface area contributed by atoms with Gasteiger partial charge in [0.05, 0.1) is 15.9 Å². The van der Waals surface area contributed by atoms with Gasteiger partial charge in [-0.15, -0.1) is 11.3 Å². The van der Waals surface area contributed by atoms with Crippen molar-refractivity contribution in [1.29, 1.82) is 0 Å². The molecule has 0 spiro atoms. The van der Waals surface area contributed by atoms with E-state index in [9.17, 15) is 0 Å². The maximum atomic E-state index is 5.34. The summed E-state index contributed by atoms with van der Waals surface area (Å²) in [5, 5.41) is 3.79. The van der Waals surface area contributed by atoms with Gasteiger partial charge in [-0.2, -0.15) is 0 Å². The van der Waals surface area contributed by atoms with Crippen LogP contribution >= 0.6 is 23.1 Å². The second-order valence-corrected chi connectivity index (χ2v) is 14.3. The number of benzene rings is 7. The minimum atomic E-state index is 0.748. The van der Waals surface area contributed by atoms with Gasteiger partial charge in [-0.1, -0.05) is 145 Å². The number of aromatic nitrogens is 2. The van der Waals surface area contributed by atoms with Crippen molar-refractivity contribution < 1.29 is 0 Å². The van der Waals surface area contributed by atoms with Crippen LogP contribution in [0, 0.1) is 0 Å². The van der Waals surface area contributed by atoms with E-state index < -0.39 is 0 Å². The van der Waals surface area contributed by atoms with E-state index in [1.54, 1.807) is 11.3 Å². The zero-order valence-electron chi connectivity index (χ0n) is 25.7. The molecule has 0 bridgehead atoms. The highest BCUT2D eigenvalue weighted by Gasteiger charge is 2.23. The van der Waals surface area contributed by atoms with Gasteiger partial charge in [0, 0.05) is 36.4 Å². The van der Waals surface area contributed by atoms with Gasteiger partial charge in [-0.25, -0.2) is 9.97 Å². The monoisotopic (exact) mass is 646 g/mol. The minimum Gasteiger partial charge on any atom is -0.226 e. The summed E-state index contributed by atoms with van der Waals surface area (Å²) in [5.41, 5.74) is 11.5. The fourth-order valence-electron chi connectivity index (χ4n) is 7.03. The van der Waals surface area contributed by atoms with E-state index in [0.717, 1.165) is 32.9 Å². The molecule has 4 heteroatoms. The molecule has 0 unspecified atom stereocenters. The van der Waals surface area contributed by atoms with Gasteiger partial charge in [0.15, 0.2) is 5.82 Å². The van der Waals surface area contributed by atoms with Gasteiger partial charge in [0.1, 0.15) is 0 Å². The van der Waals surface area contributed by atoms with Crippen LogP contribution in [0.3, 0.4) is 0 Å². The van der Waals surface area contributed by atoms with E-state index >= 15 is 0 Å². The molecule has 0 radical (unpaired) electrons. The molecule has 7 aromatic carbocycles. The quantitative estimate of drug-likeness (QED) is 0.190. The van der Waals surface area contributed by atoms with Crippen LogP contribution in [0.1, 0.15) is 0 Å². The second kappa shape index (κ2) is 11.0. The zero-order valence-corrected chi connectivity index (χ0v) is 27.4. The largest absolute Gasteiger partial charge is 0.226 e. The topological polar surface area (TPSA) is 25.8 Å². The van der Waals surface area contributed by atoms with Gasteiger partial charge in [0.25, 0.3) is 0 Å². The molecule has 48 heavy (non-hydrogen) atoms. The summed E-state index contributed by atoms with van der Waals surface area (Å²) >= 11 is 3.61. The lowest BCUT2D eigenvalue weighted by Crippen LogP contribution is -1.97. The Kier molecular flexibility index (Phi) is 6.33. The third kappa shape index (κ3) is 4.41. The molecule has 0 atom stereocenters. The number of nitrogens with zero attached hydrogens (tertiary/aromatic N) is 2. The first-order valence-corrected chi connectivity index (χ1v) is 17.7. The molecule has 1 aliphatic rings. The van der Waals surface area contributed by atoms with Crippen molar-refractivity contribution in [2.45, 2.75) is 9.79 Å². The van der Waals surface area contributed by atoms with Crippen LogP contribution in [0.25, 0.3) is 87.1 Å². The van der Waals surface area contributed by atoms with E-state index in [4.69, 9.17) is 9.97 Å². The van der Waals surface area contributed by atoms with Crippen LogP contribution in [0.15, 0.2) is 168 Å². The van der Waals surface area contributed by atoms with E-state index in [2.05, 4.69) is 158 Å². The molecular weight excluding hydrogens is 621 g/mol. The SMILES string of the molecule is c1ccc(-c2cccc(-c3nc(-c4ccc5c(c4)Sc4ccc(-c6ccccc6)c6cccc-5c46)nc4c3sc3ccccc34)c2)cc1. The molecule has 0 saturated heterocycles. The maximum Gasteiger partial charge on any atom is 0.160 e. The highest BCUT2D eigenvalue weighted by atomic mass is 32.2. The molecule has 10 rings (SSSR count). The third-order valence-electron chi connectivity index (χ3n) is 9.30. The molecule has 9 aromatic rings. The molecule has 224 valence electrons. The van der Waals surface area contributed by atoms with Crippen LogP contribution in [-0.4, -0.2) is 9.97 Å². The number of fused-ring (bicyclic) bond motifs is 5. The molecule has 0 fully saturated rings. The molecule has 1 aliphatic heterocycles. The molecule has 0 aliphatic carbocycles. The predicted octanol–water partition coefficient (Wildman–Crippen LogP) is 12.8. The normalized spacial score (nSPS) is 12.1. The molecular formula is C44H26N2S2. The van der Waals surface area contributed by atoms with Crippen molar-refractivity contribution >= 4 is 54.2 Å². The van der Waals surface area contributed by atoms with E-state index in [1.165, 1.54) is 64.0 Å². The van der Waals surface area contributed by atoms with E-state index in [-0.39, 0.29) is 0 Å². The first kappa shape index (κ1) is 27.6. The van der Waals surface area contributed by atoms with Crippen LogP contribution in [0.5, 0.6) is 0 Å². The van der Waals surface area contributed by atoms with Crippen molar-refractivity contribution in [3.8, 4) is 56.0 Å². The lowest BCUT2D eigenvalue weighted by Gasteiger charge is -2.22. The number of hydrogen-bond donors (Lipinski definition) is 0. The molecule has 0 N–H and O–H groups in total.